The molecule has 108 valence electrons. The highest BCUT2D eigenvalue weighted by Crippen LogP contribution is 2.24. The summed E-state index contributed by atoms with van der Waals surface area (Å²) in [5.41, 5.74) is 6.01. The molecule has 0 saturated heterocycles. The Morgan fingerprint density at radius 1 is 1.05 bits per heavy atom. The zero-order chi connectivity index (χ0) is 15.4. The summed E-state index contributed by atoms with van der Waals surface area (Å²) in [4.78, 5) is 16.8. The second-order valence-electron chi connectivity index (χ2n) is 5.43. The van der Waals surface area contributed by atoms with Crippen LogP contribution in [0.1, 0.15) is 39.5 Å². The van der Waals surface area contributed by atoms with Gasteiger partial charge in [-0.1, -0.05) is 29.8 Å². The summed E-state index contributed by atoms with van der Waals surface area (Å²) in [5, 5.41) is 0. The number of aliphatic imine (C=N–C) groups is 1. The van der Waals surface area contributed by atoms with Crippen LogP contribution in [-0.2, 0) is 6.42 Å². The summed E-state index contributed by atoms with van der Waals surface area (Å²) < 4.78 is 0. The number of carbonyl (C=O) groups is 1. The minimum Gasteiger partial charge on any atom is -0.294 e. The molecule has 0 saturated carbocycles. The van der Waals surface area contributed by atoms with Crippen LogP contribution in [0.2, 0.25) is 0 Å². The summed E-state index contributed by atoms with van der Waals surface area (Å²) in [7, 11) is 0. The van der Waals surface area contributed by atoms with Crippen LogP contribution in [0.15, 0.2) is 41.4 Å². The maximum Gasteiger partial charge on any atom is 0.167 e. The van der Waals surface area contributed by atoms with Crippen LogP contribution in [0.5, 0.6) is 0 Å². The third-order valence-corrected chi connectivity index (χ3v) is 3.60. The van der Waals surface area contributed by atoms with E-state index in [-0.39, 0.29) is 5.78 Å². The average molecular weight is 279 g/mol. The van der Waals surface area contributed by atoms with Gasteiger partial charge in [-0.15, -0.1) is 0 Å². The van der Waals surface area contributed by atoms with Crippen molar-refractivity contribution in [1.82, 2.24) is 0 Å². The summed E-state index contributed by atoms with van der Waals surface area (Å²) >= 11 is 0. The fraction of sp³-hybridized carbons (Fsp3) is 0.263. The molecule has 0 heterocycles. The molecule has 0 radical (unpaired) electrons. The number of rotatable bonds is 4. The minimum atomic E-state index is 0.159. The number of nitrogens with zero attached hydrogens (tertiary/aromatic N) is 1. The van der Waals surface area contributed by atoms with Crippen molar-refractivity contribution in [3.8, 4) is 0 Å². The Morgan fingerprint density at radius 3 is 2.33 bits per heavy atom. The Balaban J connectivity index is 2.27. The van der Waals surface area contributed by atoms with Crippen molar-refractivity contribution < 1.29 is 4.79 Å². The normalized spacial score (nSPS) is 11.0. The summed E-state index contributed by atoms with van der Waals surface area (Å²) in [5.74, 6) is 0.159. The van der Waals surface area contributed by atoms with Crippen molar-refractivity contribution in [3.05, 3.63) is 64.2 Å². The number of hydrogen-bond donors (Lipinski definition) is 0. The van der Waals surface area contributed by atoms with E-state index >= 15 is 0 Å². The molecule has 0 atom stereocenters. The zero-order valence-electron chi connectivity index (χ0n) is 13.1. The van der Waals surface area contributed by atoms with Crippen LogP contribution in [0, 0.1) is 20.8 Å². The van der Waals surface area contributed by atoms with Gasteiger partial charge in [0.1, 0.15) is 0 Å². The van der Waals surface area contributed by atoms with Gasteiger partial charge >= 0.3 is 0 Å². The average Bonchev–Trinajstić information content (AvgIpc) is 2.45. The number of aryl methyl sites for hydroxylation is 3. The summed E-state index contributed by atoms with van der Waals surface area (Å²) in [6.45, 7) is 7.90. The molecule has 2 aromatic rings. The molecule has 0 bridgehead atoms. The topological polar surface area (TPSA) is 29.4 Å². The SMILES string of the molecule is CC=Nc1cc(C)c(C(=O)Cc2ccc(C)cc2)cc1C. The molecule has 0 aliphatic carbocycles. The maximum absolute atomic E-state index is 12.5. The lowest BCUT2D eigenvalue weighted by Crippen LogP contribution is -2.06. The Bertz CT molecular complexity index is 681. The predicted molar refractivity (Wildman–Crippen MR) is 89.0 cm³/mol. The molecule has 0 N–H and O–H groups in total. The van der Waals surface area contributed by atoms with Crippen molar-refractivity contribution in [2.45, 2.75) is 34.1 Å². The smallest absolute Gasteiger partial charge is 0.167 e. The molecule has 21 heavy (non-hydrogen) atoms. The lowest BCUT2D eigenvalue weighted by molar-refractivity contribution is 0.0992. The van der Waals surface area contributed by atoms with Crippen molar-refractivity contribution in [2.75, 3.05) is 0 Å². The second kappa shape index (κ2) is 6.49. The van der Waals surface area contributed by atoms with Crippen molar-refractivity contribution >= 4 is 17.7 Å². The van der Waals surface area contributed by atoms with Gasteiger partial charge in [-0.25, -0.2) is 0 Å². The molecule has 0 spiro atoms. The van der Waals surface area contributed by atoms with Gasteiger partial charge in [0, 0.05) is 18.2 Å². The van der Waals surface area contributed by atoms with Crippen LogP contribution >= 0.6 is 0 Å². The van der Waals surface area contributed by atoms with E-state index in [1.807, 2.05) is 64.1 Å². The van der Waals surface area contributed by atoms with Crippen molar-refractivity contribution in [2.24, 2.45) is 4.99 Å². The van der Waals surface area contributed by atoms with E-state index in [1.54, 1.807) is 6.21 Å². The molecular weight excluding hydrogens is 258 g/mol. The third kappa shape index (κ3) is 3.66. The Labute approximate surface area is 126 Å². The van der Waals surface area contributed by atoms with Gasteiger partial charge in [0.2, 0.25) is 0 Å². The first-order valence-corrected chi connectivity index (χ1v) is 7.20. The van der Waals surface area contributed by atoms with E-state index in [0.717, 1.165) is 27.9 Å². The van der Waals surface area contributed by atoms with Gasteiger partial charge in [0.05, 0.1) is 5.69 Å². The van der Waals surface area contributed by atoms with E-state index in [4.69, 9.17) is 0 Å². The lowest BCUT2D eigenvalue weighted by Gasteiger charge is -2.09. The monoisotopic (exact) mass is 279 g/mol. The molecule has 2 heteroatoms. The zero-order valence-corrected chi connectivity index (χ0v) is 13.1. The number of carbonyl (C=O) groups excluding carboxylic acids is 1. The van der Waals surface area contributed by atoms with Crippen molar-refractivity contribution in [1.29, 1.82) is 0 Å². The lowest BCUT2D eigenvalue weighted by atomic mass is 9.96. The van der Waals surface area contributed by atoms with E-state index in [2.05, 4.69) is 4.99 Å². The summed E-state index contributed by atoms with van der Waals surface area (Å²) in [6.07, 6.45) is 2.21. The molecule has 0 amide bonds. The Kier molecular flexibility index (Phi) is 4.69. The van der Waals surface area contributed by atoms with Crippen LogP contribution in [0.25, 0.3) is 0 Å². The van der Waals surface area contributed by atoms with Crippen LogP contribution < -0.4 is 0 Å². The first-order chi connectivity index (χ1) is 10.0. The first kappa shape index (κ1) is 15.2. The molecule has 0 unspecified atom stereocenters. The largest absolute Gasteiger partial charge is 0.294 e. The number of Topliss-reactive ketones (excluding diaryl/α,β-unsaturated/α-hetero) is 1. The van der Waals surface area contributed by atoms with Gasteiger partial charge in [-0.3, -0.25) is 9.79 Å². The Hall–Kier alpha value is -2.22. The van der Waals surface area contributed by atoms with Crippen LogP contribution in [-0.4, -0.2) is 12.0 Å². The fourth-order valence-corrected chi connectivity index (χ4v) is 2.37. The molecule has 0 aromatic heterocycles. The minimum absolute atomic E-state index is 0.159. The number of hydrogen-bond acceptors (Lipinski definition) is 2. The highest BCUT2D eigenvalue weighted by Gasteiger charge is 2.12. The number of ketones is 1. The van der Waals surface area contributed by atoms with Crippen molar-refractivity contribution in [3.63, 3.8) is 0 Å². The quantitative estimate of drug-likeness (QED) is 0.586. The standard InChI is InChI=1S/C19H21NO/c1-5-20-18-11-14(3)17(10-15(18)4)19(21)12-16-8-6-13(2)7-9-16/h5-11H,12H2,1-4H3. The van der Waals surface area contributed by atoms with E-state index in [9.17, 15) is 4.79 Å². The molecule has 0 aliphatic rings. The fourth-order valence-electron chi connectivity index (χ4n) is 2.37. The van der Waals surface area contributed by atoms with Gasteiger partial charge in [0.25, 0.3) is 0 Å². The van der Waals surface area contributed by atoms with E-state index in [1.165, 1.54) is 5.56 Å². The first-order valence-electron chi connectivity index (χ1n) is 7.20. The third-order valence-electron chi connectivity index (χ3n) is 3.60. The molecular formula is C19H21NO. The van der Waals surface area contributed by atoms with Gasteiger partial charge < -0.3 is 0 Å². The molecule has 2 aromatic carbocycles. The van der Waals surface area contributed by atoms with Gasteiger partial charge in [0.15, 0.2) is 5.78 Å². The van der Waals surface area contributed by atoms with Crippen LogP contribution in [0.3, 0.4) is 0 Å². The Morgan fingerprint density at radius 2 is 1.71 bits per heavy atom. The van der Waals surface area contributed by atoms with E-state index < -0.39 is 0 Å². The molecule has 2 nitrogen and oxygen atoms in total. The molecule has 0 fully saturated rings. The van der Waals surface area contributed by atoms with Crippen LogP contribution in [0.4, 0.5) is 5.69 Å². The van der Waals surface area contributed by atoms with Gasteiger partial charge in [-0.05, 0) is 56.5 Å². The summed E-state index contributed by atoms with van der Waals surface area (Å²) in [6, 6.07) is 12.1. The van der Waals surface area contributed by atoms with Gasteiger partial charge in [-0.2, -0.15) is 0 Å². The molecule has 0 aliphatic heterocycles. The molecule has 2 rings (SSSR count). The highest BCUT2D eigenvalue weighted by molar-refractivity contribution is 5.99. The van der Waals surface area contributed by atoms with E-state index in [0.29, 0.717) is 6.42 Å². The predicted octanol–water partition coefficient (Wildman–Crippen LogP) is 4.76. The maximum atomic E-state index is 12.5. The highest BCUT2D eigenvalue weighted by atomic mass is 16.1. The second-order valence-corrected chi connectivity index (χ2v) is 5.43. The number of benzene rings is 2.